The van der Waals surface area contributed by atoms with Crippen molar-refractivity contribution in [1.82, 2.24) is 4.57 Å². The summed E-state index contributed by atoms with van der Waals surface area (Å²) in [5, 5.41) is 1.44. The number of aryl methyl sites for hydroxylation is 1. The molecule has 1 atom stereocenters. The summed E-state index contributed by atoms with van der Waals surface area (Å²) in [5.41, 5.74) is 4.23. The van der Waals surface area contributed by atoms with E-state index in [1.54, 1.807) is 13.1 Å². The molecule has 0 N–H and O–H groups in total. The van der Waals surface area contributed by atoms with E-state index in [0.29, 0.717) is 11.1 Å². The number of ether oxygens (including phenoxy) is 1. The van der Waals surface area contributed by atoms with Gasteiger partial charge >= 0.3 is 0 Å². The first-order valence-corrected chi connectivity index (χ1v) is 9.34. The SMILES string of the molecule is C=Cc1ccc(-c2c(C(C=O)OC(C)C)n(C)c(=O)c3ccc(C)cc23)cc1. The van der Waals surface area contributed by atoms with E-state index in [-0.39, 0.29) is 11.7 Å². The van der Waals surface area contributed by atoms with Gasteiger partial charge in [0.1, 0.15) is 0 Å². The van der Waals surface area contributed by atoms with Gasteiger partial charge in [0.25, 0.3) is 5.56 Å². The van der Waals surface area contributed by atoms with Gasteiger partial charge in [-0.25, -0.2) is 0 Å². The Kier molecular flexibility index (Phi) is 5.61. The van der Waals surface area contributed by atoms with Crippen LogP contribution in [0.3, 0.4) is 0 Å². The lowest BCUT2D eigenvalue weighted by atomic mass is 9.93. The summed E-state index contributed by atoms with van der Waals surface area (Å²) in [6.07, 6.45) is 1.55. The quantitative estimate of drug-likeness (QED) is 0.580. The van der Waals surface area contributed by atoms with Gasteiger partial charge in [-0.05, 0) is 43.4 Å². The van der Waals surface area contributed by atoms with Crippen LogP contribution in [0.2, 0.25) is 0 Å². The van der Waals surface area contributed by atoms with Gasteiger partial charge in [-0.1, -0.05) is 54.6 Å². The maximum absolute atomic E-state index is 13.0. The number of aromatic nitrogens is 1. The van der Waals surface area contributed by atoms with Crippen LogP contribution in [0.5, 0.6) is 0 Å². The van der Waals surface area contributed by atoms with Crippen molar-refractivity contribution in [3.05, 3.63) is 76.2 Å². The molecule has 4 heteroatoms. The fraction of sp³-hybridized carbons (Fsp3) is 0.250. The third kappa shape index (κ3) is 3.56. The highest BCUT2D eigenvalue weighted by molar-refractivity contribution is 5.98. The van der Waals surface area contributed by atoms with Crippen molar-refractivity contribution in [2.24, 2.45) is 7.05 Å². The summed E-state index contributed by atoms with van der Waals surface area (Å²) in [7, 11) is 1.69. The second kappa shape index (κ2) is 7.95. The summed E-state index contributed by atoms with van der Waals surface area (Å²) < 4.78 is 7.40. The Morgan fingerprint density at radius 3 is 2.32 bits per heavy atom. The molecule has 4 nitrogen and oxygen atoms in total. The minimum Gasteiger partial charge on any atom is -0.362 e. The van der Waals surface area contributed by atoms with Crippen molar-refractivity contribution in [2.45, 2.75) is 33.0 Å². The Morgan fingerprint density at radius 2 is 1.75 bits per heavy atom. The van der Waals surface area contributed by atoms with E-state index in [4.69, 9.17) is 4.74 Å². The van der Waals surface area contributed by atoms with E-state index in [0.717, 1.165) is 33.9 Å². The number of hydrogen-bond donors (Lipinski definition) is 0. The van der Waals surface area contributed by atoms with Crippen molar-refractivity contribution >= 4 is 23.1 Å². The number of carbonyl (C=O) groups is 1. The predicted molar refractivity (Wildman–Crippen MR) is 114 cm³/mol. The van der Waals surface area contributed by atoms with Gasteiger partial charge < -0.3 is 14.1 Å². The van der Waals surface area contributed by atoms with Crippen LogP contribution in [0, 0.1) is 6.92 Å². The Balaban J connectivity index is 2.45. The average molecular weight is 375 g/mol. The van der Waals surface area contributed by atoms with E-state index in [1.165, 1.54) is 4.57 Å². The molecule has 3 rings (SSSR count). The summed E-state index contributed by atoms with van der Waals surface area (Å²) in [5.74, 6) is 0. The van der Waals surface area contributed by atoms with E-state index < -0.39 is 6.10 Å². The van der Waals surface area contributed by atoms with Crippen LogP contribution >= 0.6 is 0 Å². The molecule has 2 aromatic carbocycles. The van der Waals surface area contributed by atoms with Crippen LogP contribution in [0.15, 0.2) is 53.8 Å². The van der Waals surface area contributed by atoms with Crippen LogP contribution in [-0.4, -0.2) is 17.0 Å². The molecule has 0 spiro atoms. The van der Waals surface area contributed by atoms with E-state index >= 15 is 0 Å². The lowest BCUT2D eigenvalue weighted by Crippen LogP contribution is -2.26. The van der Waals surface area contributed by atoms with E-state index in [2.05, 4.69) is 6.58 Å². The molecule has 144 valence electrons. The lowest BCUT2D eigenvalue weighted by molar-refractivity contribution is -0.121. The van der Waals surface area contributed by atoms with Gasteiger partial charge in [-0.2, -0.15) is 0 Å². The maximum Gasteiger partial charge on any atom is 0.258 e. The maximum atomic E-state index is 13.0. The normalized spacial score (nSPS) is 12.3. The Labute approximate surface area is 165 Å². The number of fused-ring (bicyclic) bond motifs is 1. The lowest BCUT2D eigenvalue weighted by Gasteiger charge is -2.23. The smallest absolute Gasteiger partial charge is 0.258 e. The summed E-state index contributed by atoms with van der Waals surface area (Å²) in [6.45, 7) is 9.54. The number of aldehydes is 1. The van der Waals surface area contributed by atoms with Crippen LogP contribution in [0.4, 0.5) is 0 Å². The van der Waals surface area contributed by atoms with Gasteiger partial charge in [-0.15, -0.1) is 0 Å². The van der Waals surface area contributed by atoms with Crippen molar-refractivity contribution < 1.29 is 9.53 Å². The predicted octanol–water partition coefficient (Wildman–Crippen LogP) is 4.82. The zero-order valence-electron chi connectivity index (χ0n) is 16.7. The van der Waals surface area contributed by atoms with Crippen molar-refractivity contribution in [3.63, 3.8) is 0 Å². The standard InChI is InChI=1S/C24H25NO3/c1-6-17-8-10-18(11-9-17)22-20-13-16(4)7-12-19(20)24(27)25(5)23(22)21(14-26)28-15(2)3/h6-15,21H,1H2,2-5H3. The van der Waals surface area contributed by atoms with E-state index in [1.807, 2.05) is 63.2 Å². The third-order valence-electron chi connectivity index (χ3n) is 4.84. The fourth-order valence-electron chi connectivity index (χ4n) is 3.52. The van der Waals surface area contributed by atoms with E-state index in [9.17, 15) is 9.59 Å². The van der Waals surface area contributed by atoms with Gasteiger partial charge in [-0.3, -0.25) is 4.79 Å². The van der Waals surface area contributed by atoms with Gasteiger partial charge in [0.15, 0.2) is 12.4 Å². The minimum absolute atomic E-state index is 0.143. The van der Waals surface area contributed by atoms with Gasteiger partial charge in [0.05, 0.1) is 11.8 Å². The molecule has 28 heavy (non-hydrogen) atoms. The number of rotatable bonds is 6. The van der Waals surface area contributed by atoms with Crippen molar-refractivity contribution in [2.75, 3.05) is 0 Å². The number of carbonyl (C=O) groups excluding carboxylic acids is 1. The molecule has 0 radical (unpaired) electrons. The highest BCUT2D eigenvalue weighted by atomic mass is 16.5. The second-order valence-corrected chi connectivity index (χ2v) is 7.24. The molecule has 0 bridgehead atoms. The van der Waals surface area contributed by atoms with Crippen molar-refractivity contribution in [1.29, 1.82) is 0 Å². The molecule has 1 aromatic heterocycles. The molecule has 0 aliphatic carbocycles. The van der Waals surface area contributed by atoms with Crippen LogP contribution in [-0.2, 0) is 16.6 Å². The molecular weight excluding hydrogens is 350 g/mol. The molecule has 1 unspecified atom stereocenters. The number of nitrogens with zero attached hydrogens (tertiary/aromatic N) is 1. The molecule has 0 saturated heterocycles. The molecule has 0 amide bonds. The second-order valence-electron chi connectivity index (χ2n) is 7.24. The van der Waals surface area contributed by atoms with Crippen LogP contribution in [0.25, 0.3) is 28.0 Å². The van der Waals surface area contributed by atoms with Crippen LogP contribution < -0.4 is 5.56 Å². The number of pyridine rings is 1. The number of hydrogen-bond acceptors (Lipinski definition) is 3. The highest BCUT2D eigenvalue weighted by Crippen LogP contribution is 2.35. The topological polar surface area (TPSA) is 48.3 Å². The molecule has 1 heterocycles. The molecule has 0 aliphatic heterocycles. The first-order chi connectivity index (χ1) is 13.4. The average Bonchev–Trinajstić information content (AvgIpc) is 2.68. The zero-order chi connectivity index (χ0) is 20.4. The fourth-order valence-corrected chi connectivity index (χ4v) is 3.52. The van der Waals surface area contributed by atoms with Gasteiger partial charge in [0.2, 0.25) is 0 Å². The minimum atomic E-state index is -0.836. The largest absolute Gasteiger partial charge is 0.362 e. The Hall–Kier alpha value is -2.98. The third-order valence-corrected chi connectivity index (χ3v) is 4.84. The summed E-state index contributed by atoms with van der Waals surface area (Å²) in [6, 6.07) is 13.7. The summed E-state index contributed by atoms with van der Waals surface area (Å²) in [4.78, 5) is 25.0. The molecule has 3 aromatic rings. The molecule has 0 aliphatic rings. The molecular formula is C24H25NO3. The zero-order valence-corrected chi connectivity index (χ0v) is 16.7. The van der Waals surface area contributed by atoms with Crippen molar-refractivity contribution in [3.8, 4) is 11.1 Å². The monoisotopic (exact) mass is 375 g/mol. The molecule has 0 saturated carbocycles. The van der Waals surface area contributed by atoms with Crippen LogP contribution in [0.1, 0.15) is 36.8 Å². The first-order valence-electron chi connectivity index (χ1n) is 9.34. The highest BCUT2D eigenvalue weighted by Gasteiger charge is 2.24. The molecule has 0 fully saturated rings. The first kappa shape index (κ1) is 19.8. The Bertz CT molecular complexity index is 1090. The van der Waals surface area contributed by atoms with Gasteiger partial charge in [0, 0.05) is 18.0 Å². The number of benzene rings is 2. The Morgan fingerprint density at radius 1 is 1.07 bits per heavy atom. The summed E-state index contributed by atoms with van der Waals surface area (Å²) >= 11 is 0.